The average molecular weight is 1060 g/mol. The highest BCUT2D eigenvalue weighted by atomic mass is 35.5. The number of anilines is 1. The molecular formula is C74H108ClN2+. The lowest BCUT2D eigenvalue weighted by molar-refractivity contribution is -0.438. The molecule has 7 rings (SSSR count). The summed E-state index contributed by atoms with van der Waals surface area (Å²) in [4.78, 5) is 2.67. The largest absolute Gasteiger partial charge is 0.344 e. The van der Waals surface area contributed by atoms with Crippen molar-refractivity contribution in [2.45, 2.75) is 277 Å². The summed E-state index contributed by atoms with van der Waals surface area (Å²) in [6, 6.07) is 27.5. The highest BCUT2D eigenvalue weighted by Gasteiger charge is 2.45. The summed E-state index contributed by atoms with van der Waals surface area (Å²) in [7, 11) is 0. The van der Waals surface area contributed by atoms with Crippen molar-refractivity contribution in [2.75, 3.05) is 18.0 Å². The molecular weight excluding hydrogens is 952 g/mol. The smallest absolute Gasteiger partial charge is 0.210 e. The number of benzene rings is 4. The summed E-state index contributed by atoms with van der Waals surface area (Å²) >= 11 is 7.58. The number of hydrogen-bond acceptors (Lipinski definition) is 1. The minimum atomic E-state index is -0.130. The topological polar surface area (TPSA) is 6.25 Å². The second-order valence-electron chi connectivity index (χ2n) is 25.2. The Bertz CT molecular complexity index is 2580. The Hall–Kier alpha value is -3.88. The standard InChI is InChI=1S/C74H108ClN2/c1-7-9-11-13-15-17-19-21-22-23-24-25-26-27-28-30-32-34-36-42-59-77-67-55-51-61-45-38-40-49-65(61)71(67)74(5,6)69(77)57-53-63-47-43-46-62(72(63)75)52-56-68-73(3,4)70-64-48-39-37-44-60(64)50-54-66(70)76(68)58-41-35-33-31-29-20-18-16-14-12-10-8-2/h37-40,44-45,48-57H,7-36,41-43,46-47,58-59H2,1-6H3/q+1. The lowest BCUT2D eigenvalue weighted by Crippen LogP contribution is -2.28. The van der Waals surface area contributed by atoms with Crippen LogP contribution in [0.3, 0.4) is 0 Å². The van der Waals surface area contributed by atoms with E-state index in [4.69, 9.17) is 11.6 Å². The maximum atomic E-state index is 7.58. The third-order valence-corrected chi connectivity index (χ3v) is 18.8. The van der Waals surface area contributed by atoms with Crippen LogP contribution in [0.25, 0.3) is 21.5 Å². The van der Waals surface area contributed by atoms with Crippen molar-refractivity contribution in [3.05, 3.63) is 130 Å². The Kier molecular flexibility index (Phi) is 25.6. The van der Waals surface area contributed by atoms with Crippen LogP contribution in [0.1, 0.15) is 277 Å². The first-order chi connectivity index (χ1) is 37.7. The van der Waals surface area contributed by atoms with E-state index < -0.39 is 0 Å². The van der Waals surface area contributed by atoms with Crippen molar-refractivity contribution >= 4 is 50.2 Å². The normalized spacial score (nSPS) is 17.2. The zero-order valence-corrected chi connectivity index (χ0v) is 50.9. The fourth-order valence-corrected chi connectivity index (χ4v) is 14.1. The van der Waals surface area contributed by atoms with Gasteiger partial charge in [0, 0.05) is 52.5 Å². The second-order valence-corrected chi connectivity index (χ2v) is 25.6. The van der Waals surface area contributed by atoms with Gasteiger partial charge < -0.3 is 4.90 Å². The van der Waals surface area contributed by atoms with Crippen LogP contribution in [0.15, 0.2) is 119 Å². The molecule has 3 heteroatoms. The van der Waals surface area contributed by atoms with Crippen LogP contribution in [0.4, 0.5) is 11.4 Å². The molecule has 0 amide bonds. The molecule has 2 nitrogen and oxygen atoms in total. The molecule has 2 aliphatic heterocycles. The summed E-state index contributed by atoms with van der Waals surface area (Å²) in [5.41, 5.74) is 10.8. The minimum absolute atomic E-state index is 0.128. The molecule has 4 aromatic carbocycles. The van der Waals surface area contributed by atoms with E-state index in [2.05, 4.69) is 148 Å². The maximum Gasteiger partial charge on any atom is 0.210 e. The zero-order chi connectivity index (χ0) is 54.1. The van der Waals surface area contributed by atoms with Gasteiger partial charge in [0.25, 0.3) is 0 Å². The van der Waals surface area contributed by atoms with Crippen LogP contribution >= 0.6 is 11.6 Å². The zero-order valence-electron chi connectivity index (χ0n) is 50.2. The number of nitrogens with zero attached hydrogens (tertiary/aromatic N) is 2. The van der Waals surface area contributed by atoms with Crippen molar-refractivity contribution in [1.29, 1.82) is 0 Å². The van der Waals surface area contributed by atoms with Gasteiger partial charge in [-0.3, -0.25) is 0 Å². The van der Waals surface area contributed by atoms with Gasteiger partial charge in [0.05, 0.1) is 5.41 Å². The van der Waals surface area contributed by atoms with E-state index in [0.717, 1.165) is 37.4 Å². The molecule has 0 fully saturated rings. The van der Waals surface area contributed by atoms with Crippen LogP contribution in [0.5, 0.6) is 0 Å². The number of unbranched alkanes of at least 4 members (excludes halogenated alkanes) is 30. The summed E-state index contributed by atoms with van der Waals surface area (Å²) in [5, 5.41) is 6.39. The van der Waals surface area contributed by atoms with E-state index in [9.17, 15) is 0 Å². The van der Waals surface area contributed by atoms with Gasteiger partial charge in [0.15, 0.2) is 5.71 Å². The Morgan fingerprint density at radius 2 is 0.922 bits per heavy atom. The van der Waals surface area contributed by atoms with E-state index in [0.29, 0.717) is 0 Å². The molecule has 0 spiro atoms. The lowest BCUT2D eigenvalue weighted by atomic mass is 9.78. The summed E-state index contributed by atoms with van der Waals surface area (Å²) in [6.45, 7) is 16.5. The van der Waals surface area contributed by atoms with Gasteiger partial charge >= 0.3 is 0 Å². The molecule has 0 saturated carbocycles. The molecule has 0 N–H and O–H groups in total. The molecule has 0 unspecified atom stereocenters. The van der Waals surface area contributed by atoms with Gasteiger partial charge in [0.2, 0.25) is 5.69 Å². The van der Waals surface area contributed by atoms with Crippen LogP contribution in [0.2, 0.25) is 0 Å². The first-order valence-electron chi connectivity index (χ1n) is 32.6. The number of hydrogen-bond donors (Lipinski definition) is 0. The lowest BCUT2D eigenvalue weighted by Gasteiger charge is -2.27. The minimum Gasteiger partial charge on any atom is -0.344 e. The Labute approximate surface area is 477 Å². The van der Waals surface area contributed by atoms with E-state index >= 15 is 0 Å². The predicted octanol–water partition coefficient (Wildman–Crippen LogP) is 23.7. The molecule has 0 saturated heterocycles. The van der Waals surface area contributed by atoms with E-state index in [1.807, 2.05) is 0 Å². The second kappa shape index (κ2) is 32.4. The Morgan fingerprint density at radius 3 is 1.44 bits per heavy atom. The van der Waals surface area contributed by atoms with Crippen LogP contribution < -0.4 is 4.90 Å². The summed E-state index contributed by atoms with van der Waals surface area (Å²) in [5.74, 6) is 0. The number of rotatable bonds is 37. The third kappa shape index (κ3) is 17.1. The van der Waals surface area contributed by atoms with Crippen LogP contribution in [-0.4, -0.2) is 23.4 Å². The van der Waals surface area contributed by atoms with Crippen molar-refractivity contribution in [3.8, 4) is 0 Å². The number of fused-ring (bicyclic) bond motifs is 6. The van der Waals surface area contributed by atoms with Crippen molar-refractivity contribution in [3.63, 3.8) is 0 Å². The van der Waals surface area contributed by atoms with Gasteiger partial charge in [-0.15, -0.1) is 0 Å². The molecule has 0 aromatic heterocycles. The molecule has 2 heterocycles. The molecule has 0 radical (unpaired) electrons. The Morgan fingerprint density at radius 1 is 0.468 bits per heavy atom. The molecule has 3 aliphatic rings. The van der Waals surface area contributed by atoms with Crippen molar-refractivity contribution < 1.29 is 4.58 Å². The monoisotopic (exact) mass is 1060 g/mol. The quantitative estimate of drug-likeness (QED) is 0.0322. The average Bonchev–Trinajstić information content (AvgIpc) is 4.04. The summed E-state index contributed by atoms with van der Waals surface area (Å²) in [6.07, 6.45) is 57.5. The van der Waals surface area contributed by atoms with E-state index in [-0.39, 0.29) is 10.8 Å². The fraction of sp³-hybridized carbons (Fsp3) is 0.608. The highest BCUT2D eigenvalue weighted by molar-refractivity contribution is 6.32. The summed E-state index contributed by atoms with van der Waals surface area (Å²) < 4.78 is 2.68. The number of halogens is 1. The van der Waals surface area contributed by atoms with E-state index in [1.54, 1.807) is 0 Å². The predicted molar refractivity (Wildman–Crippen MR) is 342 cm³/mol. The van der Waals surface area contributed by atoms with Gasteiger partial charge in [0.1, 0.15) is 6.54 Å². The molecule has 77 heavy (non-hydrogen) atoms. The van der Waals surface area contributed by atoms with E-state index in [1.165, 1.54) is 272 Å². The van der Waals surface area contributed by atoms with Crippen molar-refractivity contribution in [1.82, 2.24) is 0 Å². The first kappa shape index (κ1) is 60.8. The molecule has 420 valence electrons. The Balaban J connectivity index is 0.970. The fourth-order valence-electron chi connectivity index (χ4n) is 13.8. The number of allylic oxidation sites excluding steroid dienone is 8. The first-order valence-corrected chi connectivity index (χ1v) is 33.0. The highest BCUT2D eigenvalue weighted by Crippen LogP contribution is 2.51. The molecule has 0 atom stereocenters. The molecule has 0 bridgehead atoms. The SMILES string of the molecule is CCCCCCCCCCCCCCCCCCCCCC[N+]1=C(/C=C/C2=C(Cl)C(=C/C=C3\N(CCCCCCCCCCCCCC)c4ccc5ccccc5c4C3(C)C)/CCC2)C(C)(C)c2c1ccc1ccccc21. The van der Waals surface area contributed by atoms with Crippen LogP contribution in [0, 0.1) is 0 Å². The van der Waals surface area contributed by atoms with Gasteiger partial charge in [-0.2, -0.15) is 4.58 Å². The van der Waals surface area contributed by atoms with Gasteiger partial charge in [-0.05, 0) is 102 Å². The third-order valence-electron chi connectivity index (χ3n) is 18.3. The molecule has 1 aliphatic carbocycles. The van der Waals surface area contributed by atoms with Crippen molar-refractivity contribution in [2.24, 2.45) is 0 Å². The van der Waals surface area contributed by atoms with Gasteiger partial charge in [-0.1, -0.05) is 292 Å². The van der Waals surface area contributed by atoms with Gasteiger partial charge in [-0.25, -0.2) is 0 Å². The maximum absolute atomic E-state index is 7.58. The van der Waals surface area contributed by atoms with Crippen LogP contribution in [-0.2, 0) is 10.8 Å². The molecule has 4 aromatic rings.